The van der Waals surface area contributed by atoms with Crippen molar-refractivity contribution in [1.82, 2.24) is 9.78 Å². The van der Waals surface area contributed by atoms with E-state index < -0.39 is 6.23 Å². The van der Waals surface area contributed by atoms with Crippen molar-refractivity contribution in [2.45, 2.75) is 26.5 Å². The van der Waals surface area contributed by atoms with Crippen molar-refractivity contribution >= 4 is 46.5 Å². The van der Waals surface area contributed by atoms with Crippen molar-refractivity contribution in [1.29, 1.82) is 0 Å². The molecule has 1 unspecified atom stereocenters. The molecule has 8 heteroatoms. The highest BCUT2D eigenvalue weighted by molar-refractivity contribution is 6.40. The topological polar surface area (TPSA) is 51.4 Å². The van der Waals surface area contributed by atoms with Gasteiger partial charge in [-0.2, -0.15) is 5.10 Å². The van der Waals surface area contributed by atoms with Crippen molar-refractivity contribution in [3.63, 3.8) is 0 Å². The molecule has 0 aliphatic carbocycles. The summed E-state index contributed by atoms with van der Waals surface area (Å²) in [6.07, 6.45) is 0.327. The van der Waals surface area contributed by atoms with E-state index >= 15 is 0 Å². The number of halogens is 3. The number of methoxy groups -OCH3 is 1. The Bertz CT molecular complexity index is 777. The summed E-state index contributed by atoms with van der Waals surface area (Å²) >= 11 is 18.7. The Balaban J connectivity index is 2.26. The second-order valence-corrected chi connectivity index (χ2v) is 6.37. The number of amidine groups is 1. The molecule has 122 valence electrons. The predicted octanol–water partition coefficient (Wildman–Crippen LogP) is 4.88. The first-order valence-corrected chi connectivity index (χ1v) is 8.20. The Labute approximate surface area is 149 Å². The van der Waals surface area contributed by atoms with Gasteiger partial charge in [0.15, 0.2) is 6.23 Å². The smallest absolute Gasteiger partial charge is 0.181 e. The number of aryl methyl sites for hydroxylation is 1. The van der Waals surface area contributed by atoms with Crippen LogP contribution in [0.1, 0.15) is 31.3 Å². The van der Waals surface area contributed by atoms with Crippen LogP contribution in [0.5, 0.6) is 0 Å². The number of fused-ring (bicyclic) bond motifs is 1. The average Bonchev–Trinajstić information content (AvgIpc) is 2.84. The molecule has 0 saturated heterocycles. The molecule has 23 heavy (non-hydrogen) atoms. The molecule has 3 rings (SSSR count). The number of nitrogens with one attached hydrogen (secondary N) is 1. The molecule has 1 atom stereocenters. The second-order valence-electron chi connectivity index (χ2n) is 5.12. The van der Waals surface area contributed by atoms with Crippen LogP contribution in [0.4, 0.5) is 5.82 Å². The summed E-state index contributed by atoms with van der Waals surface area (Å²) in [7, 11) is 1.62. The van der Waals surface area contributed by atoms with Crippen LogP contribution in [0.25, 0.3) is 5.69 Å². The van der Waals surface area contributed by atoms with E-state index in [4.69, 9.17) is 39.5 Å². The third-order valence-electron chi connectivity index (χ3n) is 3.61. The van der Waals surface area contributed by atoms with Gasteiger partial charge in [0.25, 0.3) is 0 Å². The summed E-state index contributed by atoms with van der Waals surface area (Å²) in [6.45, 7) is 3.89. The summed E-state index contributed by atoms with van der Waals surface area (Å²) in [5.74, 6) is 1.49. The molecular weight excluding hydrogens is 359 g/mol. The molecule has 1 aliphatic rings. The molecule has 1 aliphatic heterocycles. The maximum Gasteiger partial charge on any atom is 0.181 e. The molecule has 0 spiro atoms. The summed E-state index contributed by atoms with van der Waals surface area (Å²) in [6, 6.07) is 3.28. The van der Waals surface area contributed by atoms with Crippen LogP contribution in [-0.4, -0.2) is 22.7 Å². The number of rotatable bonds is 3. The first-order valence-electron chi connectivity index (χ1n) is 7.07. The summed E-state index contributed by atoms with van der Waals surface area (Å²) in [4.78, 5) is 4.46. The zero-order valence-electron chi connectivity index (χ0n) is 12.8. The van der Waals surface area contributed by atoms with Gasteiger partial charge in [0.05, 0.1) is 21.3 Å². The first-order chi connectivity index (χ1) is 11.0. The molecule has 0 amide bonds. The largest absolute Gasteiger partial charge is 0.355 e. The highest BCUT2D eigenvalue weighted by Gasteiger charge is 2.30. The third kappa shape index (κ3) is 2.83. The summed E-state index contributed by atoms with van der Waals surface area (Å²) in [5, 5.41) is 9.21. The minimum absolute atomic E-state index is 0.403. The molecule has 0 saturated carbocycles. The van der Waals surface area contributed by atoms with Gasteiger partial charge >= 0.3 is 0 Å². The van der Waals surface area contributed by atoms with Gasteiger partial charge in [0.2, 0.25) is 0 Å². The Morgan fingerprint density at radius 1 is 1.26 bits per heavy atom. The SMILES string of the molecule is CCc1nn(-c2c(Cl)cc(Cl)cc2Cl)c2c1C(OC)N=C(C)N2. The monoisotopic (exact) mass is 372 g/mol. The molecule has 0 fully saturated rings. The number of ether oxygens (including phenoxy) is 1. The zero-order chi connectivity index (χ0) is 16.7. The molecule has 2 heterocycles. The lowest BCUT2D eigenvalue weighted by Crippen LogP contribution is -2.20. The van der Waals surface area contributed by atoms with E-state index in [0.717, 1.165) is 29.3 Å². The van der Waals surface area contributed by atoms with Crippen LogP contribution in [0, 0.1) is 0 Å². The fourth-order valence-electron chi connectivity index (χ4n) is 2.63. The highest BCUT2D eigenvalue weighted by Crippen LogP contribution is 2.39. The standard InChI is InChI=1S/C15H15Cl3N4O/c1-4-11-12-14(19-7(2)20-15(12)23-3)22(21-11)13-9(17)5-8(16)6-10(13)18/h5-6,15H,4H2,1-3H3,(H,19,20). The minimum Gasteiger partial charge on any atom is -0.355 e. The number of nitrogens with zero attached hydrogens (tertiary/aromatic N) is 3. The van der Waals surface area contributed by atoms with Crippen LogP contribution in [0.3, 0.4) is 0 Å². The highest BCUT2D eigenvalue weighted by atomic mass is 35.5. The number of aliphatic imine (C=N–C) groups is 1. The lowest BCUT2D eigenvalue weighted by molar-refractivity contribution is 0.110. The number of hydrogen-bond donors (Lipinski definition) is 1. The van der Waals surface area contributed by atoms with E-state index in [2.05, 4.69) is 15.4 Å². The second kappa shape index (κ2) is 6.32. The molecule has 1 aromatic carbocycles. The van der Waals surface area contributed by atoms with Crippen molar-refractivity contribution < 1.29 is 4.74 Å². The summed E-state index contributed by atoms with van der Waals surface area (Å²) < 4.78 is 7.19. The lowest BCUT2D eigenvalue weighted by atomic mass is 10.1. The Morgan fingerprint density at radius 2 is 1.91 bits per heavy atom. The van der Waals surface area contributed by atoms with Crippen molar-refractivity contribution in [3.8, 4) is 5.69 Å². The quantitative estimate of drug-likeness (QED) is 0.834. The van der Waals surface area contributed by atoms with Gasteiger partial charge in [-0.1, -0.05) is 41.7 Å². The molecular formula is C15H15Cl3N4O. The Hall–Kier alpha value is -1.27. The number of benzene rings is 1. The van der Waals surface area contributed by atoms with Crippen molar-refractivity contribution in [3.05, 3.63) is 38.5 Å². The van der Waals surface area contributed by atoms with E-state index in [1.807, 2.05) is 13.8 Å². The van der Waals surface area contributed by atoms with Crippen molar-refractivity contribution in [2.24, 2.45) is 4.99 Å². The van der Waals surface area contributed by atoms with Gasteiger partial charge in [0.1, 0.15) is 17.3 Å². The van der Waals surface area contributed by atoms with Gasteiger partial charge in [-0.15, -0.1) is 0 Å². The predicted molar refractivity (Wildman–Crippen MR) is 94.5 cm³/mol. The molecule has 0 radical (unpaired) electrons. The normalized spacial score (nSPS) is 16.8. The molecule has 5 nitrogen and oxygen atoms in total. The molecule has 1 N–H and O–H groups in total. The first kappa shape index (κ1) is 16.6. The van der Waals surface area contributed by atoms with Gasteiger partial charge in [0, 0.05) is 12.1 Å². The Morgan fingerprint density at radius 3 is 2.48 bits per heavy atom. The summed E-state index contributed by atoms with van der Waals surface area (Å²) in [5.41, 5.74) is 2.34. The zero-order valence-corrected chi connectivity index (χ0v) is 15.1. The van der Waals surface area contributed by atoms with Gasteiger partial charge in [-0.3, -0.25) is 0 Å². The van der Waals surface area contributed by atoms with E-state index in [9.17, 15) is 0 Å². The fourth-order valence-corrected chi connectivity index (χ4v) is 3.61. The van der Waals surface area contributed by atoms with Gasteiger partial charge in [-0.25, -0.2) is 9.67 Å². The third-order valence-corrected chi connectivity index (χ3v) is 4.40. The lowest BCUT2D eigenvalue weighted by Gasteiger charge is -2.22. The average molecular weight is 374 g/mol. The van der Waals surface area contributed by atoms with Gasteiger partial charge in [-0.05, 0) is 25.5 Å². The maximum absolute atomic E-state index is 6.35. The Kier molecular flexibility index (Phi) is 4.56. The number of anilines is 1. The maximum atomic E-state index is 6.35. The van der Waals surface area contributed by atoms with Crippen molar-refractivity contribution in [2.75, 3.05) is 12.4 Å². The van der Waals surface area contributed by atoms with Crippen LogP contribution in [0.2, 0.25) is 15.1 Å². The van der Waals surface area contributed by atoms with Crippen LogP contribution >= 0.6 is 34.8 Å². The molecule has 2 aromatic rings. The van der Waals surface area contributed by atoms with Crippen LogP contribution < -0.4 is 5.32 Å². The van der Waals surface area contributed by atoms with Gasteiger partial charge < -0.3 is 10.1 Å². The number of hydrogen-bond acceptors (Lipinski definition) is 4. The molecule has 1 aromatic heterocycles. The fraction of sp³-hybridized carbons (Fsp3) is 0.333. The van der Waals surface area contributed by atoms with Crippen LogP contribution in [0.15, 0.2) is 17.1 Å². The van der Waals surface area contributed by atoms with E-state index in [1.165, 1.54) is 0 Å². The minimum atomic E-state index is -0.403. The number of aromatic nitrogens is 2. The molecule has 0 bridgehead atoms. The van der Waals surface area contributed by atoms with E-state index in [-0.39, 0.29) is 0 Å². The van der Waals surface area contributed by atoms with E-state index in [1.54, 1.807) is 23.9 Å². The van der Waals surface area contributed by atoms with E-state index in [0.29, 0.717) is 20.8 Å². The van der Waals surface area contributed by atoms with Crippen LogP contribution in [-0.2, 0) is 11.2 Å².